The molecule has 0 aliphatic heterocycles. The summed E-state index contributed by atoms with van der Waals surface area (Å²) in [4.78, 5) is 43.9. The molecule has 2 rings (SSSR count). The number of anilines is 1. The van der Waals surface area contributed by atoms with E-state index in [1.807, 2.05) is 84.9 Å². The van der Waals surface area contributed by atoms with Crippen molar-refractivity contribution in [2.45, 2.75) is 126 Å². The van der Waals surface area contributed by atoms with Gasteiger partial charge in [-0.05, 0) is 114 Å². The number of carbonyl (C=O) groups excluding carboxylic acids is 3. The molecule has 3 amide bonds. The van der Waals surface area contributed by atoms with Gasteiger partial charge in [0.2, 0.25) is 5.91 Å². The normalized spacial score (nSPS) is 13.8. The summed E-state index contributed by atoms with van der Waals surface area (Å²) < 4.78 is 5.55. The molecule has 0 bridgehead atoms. The standard InChI is InChI=1S/C36H55N3O4/c1-22(2)19-20-27(8)39(34(41)30(21-23(3)4)37-35(42)43-36(10,11)12)32(29-18-14-15-24(5)28(29)9)33(40)38-31-25(6)16-13-17-26(31)7/h13-18,22-23,27,30,32H,19-21H2,1-12H3,(H,37,42)(H,38,40). The molecular formula is C36H55N3O4. The Balaban J connectivity index is 2.74. The van der Waals surface area contributed by atoms with E-state index >= 15 is 0 Å². The molecule has 7 heteroatoms. The van der Waals surface area contributed by atoms with Crippen LogP contribution in [-0.2, 0) is 14.3 Å². The molecule has 0 heterocycles. The van der Waals surface area contributed by atoms with Crippen molar-refractivity contribution in [2.75, 3.05) is 5.32 Å². The zero-order chi connectivity index (χ0) is 32.6. The predicted molar refractivity (Wildman–Crippen MR) is 176 cm³/mol. The van der Waals surface area contributed by atoms with Crippen LogP contribution in [-0.4, -0.2) is 40.5 Å². The molecule has 0 spiro atoms. The van der Waals surface area contributed by atoms with Crippen LogP contribution in [0.5, 0.6) is 0 Å². The summed E-state index contributed by atoms with van der Waals surface area (Å²) in [5.41, 5.74) is 4.69. The van der Waals surface area contributed by atoms with E-state index in [9.17, 15) is 14.4 Å². The minimum Gasteiger partial charge on any atom is -0.444 e. The van der Waals surface area contributed by atoms with Crippen molar-refractivity contribution in [3.05, 3.63) is 64.2 Å². The second kappa shape index (κ2) is 15.4. The number of nitrogens with zero attached hydrogens (tertiary/aromatic N) is 1. The second-order valence-corrected chi connectivity index (χ2v) is 13.8. The summed E-state index contributed by atoms with van der Waals surface area (Å²) in [5.74, 6) is -0.0394. The zero-order valence-corrected chi connectivity index (χ0v) is 28.6. The third-order valence-electron chi connectivity index (χ3n) is 7.78. The van der Waals surface area contributed by atoms with Crippen LogP contribution in [0.2, 0.25) is 0 Å². The minimum absolute atomic E-state index is 0.110. The fourth-order valence-corrected chi connectivity index (χ4v) is 5.33. The quantitative estimate of drug-likeness (QED) is 0.260. The number of nitrogens with one attached hydrogen (secondary N) is 2. The number of alkyl carbamates (subject to hydrolysis) is 1. The maximum atomic E-state index is 14.7. The highest BCUT2D eigenvalue weighted by Crippen LogP contribution is 2.33. The van der Waals surface area contributed by atoms with Gasteiger partial charge >= 0.3 is 6.09 Å². The molecule has 2 aromatic carbocycles. The van der Waals surface area contributed by atoms with Crippen LogP contribution in [0, 0.1) is 39.5 Å². The smallest absolute Gasteiger partial charge is 0.408 e. The summed E-state index contributed by atoms with van der Waals surface area (Å²) in [6.07, 6.45) is 1.35. The SMILES string of the molecule is Cc1cccc(C(C(=O)Nc2c(C)cccc2C)N(C(=O)C(CC(C)C)NC(=O)OC(C)(C)C)C(C)CCC(C)C)c1C. The molecule has 0 radical (unpaired) electrons. The Hall–Kier alpha value is -3.35. The Morgan fingerprint density at radius 1 is 0.814 bits per heavy atom. The van der Waals surface area contributed by atoms with Gasteiger partial charge < -0.3 is 20.3 Å². The molecule has 0 saturated heterocycles. The lowest BCUT2D eigenvalue weighted by molar-refractivity contribution is -0.144. The van der Waals surface area contributed by atoms with Gasteiger partial charge in [-0.15, -0.1) is 0 Å². The fraction of sp³-hybridized carbons (Fsp3) is 0.583. The van der Waals surface area contributed by atoms with Gasteiger partial charge in [0, 0.05) is 11.7 Å². The van der Waals surface area contributed by atoms with Gasteiger partial charge in [-0.1, -0.05) is 64.1 Å². The average molecular weight is 594 g/mol. The van der Waals surface area contributed by atoms with Gasteiger partial charge in [-0.25, -0.2) is 4.79 Å². The van der Waals surface area contributed by atoms with Gasteiger partial charge in [0.25, 0.3) is 5.91 Å². The number of carbonyl (C=O) groups is 3. The van der Waals surface area contributed by atoms with E-state index in [1.54, 1.807) is 25.7 Å². The first-order valence-corrected chi connectivity index (χ1v) is 15.7. The highest BCUT2D eigenvalue weighted by molar-refractivity contribution is 6.00. The van der Waals surface area contributed by atoms with Crippen LogP contribution in [0.4, 0.5) is 10.5 Å². The lowest BCUT2D eigenvalue weighted by Crippen LogP contribution is -2.55. The molecule has 43 heavy (non-hydrogen) atoms. The maximum absolute atomic E-state index is 14.7. The summed E-state index contributed by atoms with van der Waals surface area (Å²) in [5, 5.41) is 6.05. The zero-order valence-electron chi connectivity index (χ0n) is 28.6. The number of para-hydroxylation sites is 1. The molecule has 2 N–H and O–H groups in total. The van der Waals surface area contributed by atoms with Crippen LogP contribution in [0.25, 0.3) is 0 Å². The minimum atomic E-state index is -0.913. The van der Waals surface area contributed by atoms with E-state index in [0.717, 1.165) is 39.9 Å². The van der Waals surface area contributed by atoms with Gasteiger partial charge in [-0.3, -0.25) is 9.59 Å². The Kier molecular flexibility index (Phi) is 12.8. The van der Waals surface area contributed by atoms with Gasteiger partial charge in [0.15, 0.2) is 0 Å². The molecular weight excluding hydrogens is 538 g/mol. The van der Waals surface area contributed by atoms with Gasteiger partial charge in [-0.2, -0.15) is 0 Å². The second-order valence-electron chi connectivity index (χ2n) is 13.8. The van der Waals surface area contributed by atoms with E-state index in [-0.39, 0.29) is 23.8 Å². The molecule has 0 fully saturated rings. The number of hydrogen-bond acceptors (Lipinski definition) is 4. The number of benzene rings is 2. The Morgan fingerprint density at radius 3 is 1.91 bits per heavy atom. The molecule has 3 unspecified atom stereocenters. The van der Waals surface area contributed by atoms with E-state index < -0.39 is 23.8 Å². The Morgan fingerprint density at radius 2 is 1.37 bits per heavy atom. The lowest BCUT2D eigenvalue weighted by atomic mass is 9.91. The molecule has 0 aliphatic carbocycles. The largest absolute Gasteiger partial charge is 0.444 e. The molecule has 2 aromatic rings. The predicted octanol–water partition coefficient (Wildman–Crippen LogP) is 8.19. The van der Waals surface area contributed by atoms with Crippen molar-refractivity contribution in [1.82, 2.24) is 10.2 Å². The highest BCUT2D eigenvalue weighted by atomic mass is 16.6. The van der Waals surface area contributed by atoms with E-state index in [1.165, 1.54) is 0 Å². The van der Waals surface area contributed by atoms with Crippen molar-refractivity contribution in [1.29, 1.82) is 0 Å². The van der Waals surface area contributed by atoms with Crippen molar-refractivity contribution in [3.63, 3.8) is 0 Å². The lowest BCUT2D eigenvalue weighted by Gasteiger charge is -2.40. The first-order valence-electron chi connectivity index (χ1n) is 15.7. The van der Waals surface area contributed by atoms with Crippen LogP contribution in [0.3, 0.4) is 0 Å². The third kappa shape index (κ3) is 10.4. The average Bonchev–Trinajstić information content (AvgIpc) is 2.87. The summed E-state index contributed by atoms with van der Waals surface area (Å²) in [6, 6.07) is 9.72. The van der Waals surface area contributed by atoms with Crippen LogP contribution in [0.15, 0.2) is 36.4 Å². The van der Waals surface area contributed by atoms with Gasteiger partial charge in [0.1, 0.15) is 17.7 Å². The van der Waals surface area contributed by atoms with Crippen molar-refractivity contribution < 1.29 is 19.1 Å². The molecule has 3 atom stereocenters. The Labute approximate surface area is 260 Å². The summed E-state index contributed by atoms with van der Waals surface area (Å²) >= 11 is 0. The van der Waals surface area contributed by atoms with Crippen molar-refractivity contribution >= 4 is 23.6 Å². The van der Waals surface area contributed by atoms with Crippen molar-refractivity contribution in [3.8, 4) is 0 Å². The number of hydrogen-bond donors (Lipinski definition) is 2. The fourth-order valence-electron chi connectivity index (χ4n) is 5.33. The number of aryl methyl sites for hydroxylation is 3. The van der Waals surface area contributed by atoms with Crippen LogP contribution < -0.4 is 10.6 Å². The maximum Gasteiger partial charge on any atom is 0.408 e. The third-order valence-corrected chi connectivity index (χ3v) is 7.78. The van der Waals surface area contributed by atoms with Crippen LogP contribution in [0.1, 0.15) is 109 Å². The number of amides is 3. The highest BCUT2D eigenvalue weighted by Gasteiger charge is 2.40. The topological polar surface area (TPSA) is 87.7 Å². The summed E-state index contributed by atoms with van der Waals surface area (Å²) in [7, 11) is 0. The van der Waals surface area contributed by atoms with Gasteiger partial charge in [0.05, 0.1) is 0 Å². The van der Waals surface area contributed by atoms with E-state index in [4.69, 9.17) is 4.74 Å². The molecule has 238 valence electrons. The molecule has 0 aromatic heterocycles. The van der Waals surface area contributed by atoms with E-state index in [0.29, 0.717) is 18.8 Å². The molecule has 0 saturated carbocycles. The first kappa shape index (κ1) is 35.8. The first-order chi connectivity index (χ1) is 19.9. The molecule has 0 aliphatic rings. The van der Waals surface area contributed by atoms with Crippen molar-refractivity contribution in [2.24, 2.45) is 11.8 Å². The molecule has 7 nitrogen and oxygen atoms in total. The number of ether oxygens (including phenoxy) is 1. The van der Waals surface area contributed by atoms with Crippen LogP contribution >= 0.6 is 0 Å². The number of rotatable bonds is 12. The summed E-state index contributed by atoms with van der Waals surface area (Å²) in [6.45, 7) is 23.7. The monoisotopic (exact) mass is 593 g/mol. The van der Waals surface area contributed by atoms with E-state index in [2.05, 4.69) is 24.5 Å². The Bertz CT molecular complexity index is 1240.